The number of rotatable bonds is 15. The summed E-state index contributed by atoms with van der Waals surface area (Å²) in [6.07, 6.45) is 16.9. The molecule has 27 heavy (non-hydrogen) atoms. The van der Waals surface area contributed by atoms with Crippen molar-refractivity contribution in [2.75, 3.05) is 0 Å². The molecule has 150 valence electrons. The number of aromatic nitrogens is 2. The quantitative estimate of drug-likeness (QED) is 0.321. The number of carbonyl (C=O) groups is 1. The first-order valence-electron chi connectivity index (χ1n) is 10.8. The Hall–Kier alpha value is -1.35. The maximum atomic E-state index is 12.2. The van der Waals surface area contributed by atoms with Gasteiger partial charge in [-0.25, -0.2) is 4.98 Å². The van der Waals surface area contributed by atoms with Gasteiger partial charge in [0.1, 0.15) is 11.6 Å². The molecule has 2 rings (SSSR count). The summed E-state index contributed by atoms with van der Waals surface area (Å²) in [6, 6.07) is 5.55. The minimum Gasteiger partial charge on any atom is -0.342 e. The molecule has 1 aromatic heterocycles. The van der Waals surface area contributed by atoms with E-state index < -0.39 is 0 Å². The molecule has 0 unspecified atom stereocenters. The van der Waals surface area contributed by atoms with Gasteiger partial charge < -0.3 is 4.98 Å². The average molecular weight is 391 g/mol. The second-order valence-corrected chi connectivity index (χ2v) is 8.14. The summed E-state index contributed by atoms with van der Waals surface area (Å²) in [5.74, 6) is 1.02. The van der Waals surface area contributed by atoms with Crippen LogP contribution in [-0.4, -0.2) is 15.8 Å². The fraction of sp³-hybridized carbons (Fsp3) is 0.652. The minimum absolute atomic E-state index is 0.271. The molecule has 0 spiro atoms. The maximum absolute atomic E-state index is 12.2. The number of benzene rings is 1. The van der Waals surface area contributed by atoms with Gasteiger partial charge in [-0.1, -0.05) is 89.2 Å². The summed E-state index contributed by atoms with van der Waals surface area (Å²) in [6.45, 7) is 2.27. The molecule has 0 saturated heterocycles. The third-order valence-electron chi connectivity index (χ3n) is 5.17. The zero-order valence-corrected chi connectivity index (χ0v) is 17.6. The molecular weight excluding hydrogens is 356 g/mol. The number of fused-ring (bicyclic) bond motifs is 1. The fourth-order valence-corrected chi connectivity index (χ4v) is 3.73. The monoisotopic (exact) mass is 390 g/mol. The van der Waals surface area contributed by atoms with Crippen LogP contribution in [0.15, 0.2) is 18.2 Å². The third-order valence-corrected chi connectivity index (χ3v) is 5.40. The molecule has 0 amide bonds. The lowest BCUT2D eigenvalue weighted by molar-refractivity contribution is -0.118. The molecule has 4 heteroatoms. The Balaban J connectivity index is 1.47. The van der Waals surface area contributed by atoms with E-state index in [9.17, 15) is 4.79 Å². The molecule has 1 heterocycles. The Morgan fingerprint density at radius 3 is 2.15 bits per heavy atom. The summed E-state index contributed by atoms with van der Waals surface area (Å²) >= 11 is 5.98. The molecule has 2 aromatic rings. The van der Waals surface area contributed by atoms with E-state index in [2.05, 4.69) is 16.9 Å². The van der Waals surface area contributed by atoms with Crippen molar-refractivity contribution in [3.05, 3.63) is 29.0 Å². The molecular formula is C23H35ClN2O. The number of hydrogen-bond acceptors (Lipinski definition) is 2. The predicted molar refractivity (Wildman–Crippen MR) is 116 cm³/mol. The van der Waals surface area contributed by atoms with Gasteiger partial charge in [-0.05, 0) is 24.6 Å². The molecule has 0 aliphatic rings. The topological polar surface area (TPSA) is 45.8 Å². The highest BCUT2D eigenvalue weighted by Gasteiger charge is 2.08. The van der Waals surface area contributed by atoms with Gasteiger partial charge in [-0.3, -0.25) is 4.79 Å². The first-order valence-corrected chi connectivity index (χ1v) is 11.2. The fourth-order valence-electron chi connectivity index (χ4n) is 3.56. The smallest absolute Gasteiger partial charge is 0.140 e. The molecule has 0 aliphatic heterocycles. The van der Waals surface area contributed by atoms with Gasteiger partial charge in [-0.15, -0.1) is 0 Å². The highest BCUT2D eigenvalue weighted by atomic mass is 35.5. The summed E-state index contributed by atoms with van der Waals surface area (Å²) in [5.41, 5.74) is 1.77. The Kier molecular flexibility index (Phi) is 10.5. The van der Waals surface area contributed by atoms with E-state index in [-0.39, 0.29) is 5.78 Å². The number of H-pyrrole nitrogens is 1. The van der Waals surface area contributed by atoms with Crippen molar-refractivity contribution in [3.8, 4) is 0 Å². The normalized spacial score (nSPS) is 11.3. The lowest BCUT2D eigenvalue weighted by atomic mass is 10.0. The number of aromatic amines is 1. The van der Waals surface area contributed by atoms with Crippen LogP contribution in [0, 0.1) is 0 Å². The molecule has 0 bridgehead atoms. The van der Waals surface area contributed by atoms with Crippen LogP contribution in [0.25, 0.3) is 11.0 Å². The molecule has 0 radical (unpaired) electrons. The first kappa shape index (κ1) is 21.9. The largest absolute Gasteiger partial charge is 0.342 e. The van der Waals surface area contributed by atoms with Crippen LogP contribution in [-0.2, 0) is 11.2 Å². The van der Waals surface area contributed by atoms with Crippen molar-refractivity contribution in [2.45, 2.75) is 96.8 Å². The summed E-state index contributed by atoms with van der Waals surface area (Å²) in [7, 11) is 0. The Bertz CT molecular complexity index is 680. The number of ketones is 1. The van der Waals surface area contributed by atoms with Crippen LogP contribution in [0.4, 0.5) is 0 Å². The zero-order valence-electron chi connectivity index (χ0n) is 16.9. The van der Waals surface area contributed by atoms with E-state index >= 15 is 0 Å². The summed E-state index contributed by atoms with van der Waals surface area (Å²) in [4.78, 5) is 19.8. The van der Waals surface area contributed by atoms with Gasteiger partial charge in [0.05, 0.1) is 17.5 Å². The predicted octanol–water partition coefficient (Wildman–Crippen LogP) is 7.42. The summed E-state index contributed by atoms with van der Waals surface area (Å²) < 4.78 is 0. The van der Waals surface area contributed by atoms with Crippen molar-refractivity contribution in [1.29, 1.82) is 0 Å². The molecule has 0 fully saturated rings. The third kappa shape index (κ3) is 8.92. The van der Waals surface area contributed by atoms with Crippen molar-refractivity contribution in [2.24, 2.45) is 0 Å². The molecule has 1 N–H and O–H groups in total. The second kappa shape index (κ2) is 12.9. The standard InChI is InChI=1S/C23H35ClN2O/c1-2-3-4-5-6-7-8-9-10-11-12-13-14-20(27)18-23-25-21-16-15-19(24)17-22(21)26-23/h15-17H,2-14,18H2,1H3,(H,25,26). The van der Waals surface area contributed by atoms with Crippen LogP contribution in [0.1, 0.15) is 96.2 Å². The molecule has 3 nitrogen and oxygen atoms in total. The lowest BCUT2D eigenvalue weighted by Gasteiger charge is -2.03. The van der Waals surface area contributed by atoms with E-state index in [1.165, 1.54) is 64.2 Å². The van der Waals surface area contributed by atoms with Gasteiger partial charge in [0.2, 0.25) is 0 Å². The van der Waals surface area contributed by atoms with E-state index in [1.807, 2.05) is 18.2 Å². The van der Waals surface area contributed by atoms with Crippen LogP contribution < -0.4 is 0 Å². The van der Waals surface area contributed by atoms with E-state index in [0.29, 0.717) is 17.9 Å². The number of Topliss-reactive ketones (excluding diaryl/α,β-unsaturated/α-hetero) is 1. The zero-order chi connectivity index (χ0) is 19.3. The van der Waals surface area contributed by atoms with Crippen LogP contribution in [0.2, 0.25) is 5.02 Å². The first-order chi connectivity index (χ1) is 13.2. The Morgan fingerprint density at radius 1 is 0.926 bits per heavy atom. The van der Waals surface area contributed by atoms with Crippen molar-refractivity contribution in [1.82, 2.24) is 9.97 Å². The van der Waals surface area contributed by atoms with Gasteiger partial charge in [0.15, 0.2) is 0 Å². The van der Waals surface area contributed by atoms with E-state index in [0.717, 1.165) is 29.7 Å². The van der Waals surface area contributed by atoms with Crippen LogP contribution in [0.5, 0.6) is 0 Å². The number of nitrogens with one attached hydrogen (secondary N) is 1. The van der Waals surface area contributed by atoms with Crippen molar-refractivity contribution < 1.29 is 4.79 Å². The Morgan fingerprint density at radius 2 is 1.52 bits per heavy atom. The van der Waals surface area contributed by atoms with Crippen molar-refractivity contribution in [3.63, 3.8) is 0 Å². The van der Waals surface area contributed by atoms with Crippen LogP contribution in [0.3, 0.4) is 0 Å². The van der Waals surface area contributed by atoms with E-state index in [1.54, 1.807) is 0 Å². The minimum atomic E-state index is 0.271. The number of nitrogens with zero attached hydrogens (tertiary/aromatic N) is 1. The molecule has 1 aromatic carbocycles. The van der Waals surface area contributed by atoms with Gasteiger partial charge in [0, 0.05) is 11.4 Å². The van der Waals surface area contributed by atoms with Crippen molar-refractivity contribution >= 4 is 28.4 Å². The highest BCUT2D eigenvalue weighted by Crippen LogP contribution is 2.18. The number of unbranched alkanes of at least 4 members (excludes halogenated alkanes) is 11. The SMILES string of the molecule is CCCCCCCCCCCCCCC(=O)Cc1nc2ccc(Cl)cc2[nH]1. The number of carbonyl (C=O) groups excluding carboxylic acids is 1. The molecule has 0 saturated carbocycles. The van der Waals surface area contributed by atoms with Gasteiger partial charge in [0.25, 0.3) is 0 Å². The summed E-state index contributed by atoms with van der Waals surface area (Å²) in [5, 5.41) is 0.681. The number of halogens is 1. The Labute approximate surface area is 169 Å². The lowest BCUT2D eigenvalue weighted by Crippen LogP contribution is -2.03. The number of imidazole rings is 1. The highest BCUT2D eigenvalue weighted by molar-refractivity contribution is 6.31. The maximum Gasteiger partial charge on any atom is 0.140 e. The van der Waals surface area contributed by atoms with Gasteiger partial charge in [-0.2, -0.15) is 0 Å². The molecule has 0 atom stereocenters. The average Bonchev–Trinajstić information content (AvgIpc) is 3.03. The van der Waals surface area contributed by atoms with E-state index in [4.69, 9.17) is 11.6 Å². The second-order valence-electron chi connectivity index (χ2n) is 7.70. The van der Waals surface area contributed by atoms with Crippen LogP contribution >= 0.6 is 11.6 Å². The molecule has 0 aliphatic carbocycles. The number of hydrogen-bond donors (Lipinski definition) is 1. The van der Waals surface area contributed by atoms with Gasteiger partial charge >= 0.3 is 0 Å².